The smallest absolute Gasteiger partial charge is 0.236 e. The van der Waals surface area contributed by atoms with Crippen molar-refractivity contribution in [2.45, 2.75) is 92.2 Å². The number of unbranched alkanes of at least 4 members (excludes halogenated alkanes) is 2. The second-order valence-corrected chi connectivity index (χ2v) is 8.50. The highest BCUT2D eigenvalue weighted by Gasteiger charge is 2.38. The van der Waals surface area contributed by atoms with Crippen molar-refractivity contribution in [2.24, 2.45) is 10.8 Å². The van der Waals surface area contributed by atoms with Crippen LogP contribution in [0.2, 0.25) is 0 Å². The van der Waals surface area contributed by atoms with Crippen LogP contribution in [0.5, 0.6) is 0 Å². The van der Waals surface area contributed by atoms with Gasteiger partial charge in [0.25, 0.3) is 0 Å². The molecule has 1 aliphatic rings. The molecule has 2 N–H and O–H groups in total. The first-order valence-corrected chi connectivity index (χ1v) is 8.69. The molecule has 1 amide bonds. The lowest BCUT2D eigenvalue weighted by Gasteiger charge is -2.45. The summed E-state index contributed by atoms with van der Waals surface area (Å²) >= 11 is 0. The fourth-order valence-corrected chi connectivity index (χ4v) is 4.13. The number of hydrogen-bond donors (Lipinski definition) is 2. The molecular formula is C18H36N2O. The van der Waals surface area contributed by atoms with Crippen molar-refractivity contribution in [3.05, 3.63) is 0 Å². The molecule has 1 saturated carbocycles. The number of carbonyl (C=O) groups excluding carboxylic acids is 1. The van der Waals surface area contributed by atoms with Gasteiger partial charge in [0, 0.05) is 12.6 Å². The highest BCUT2D eigenvalue weighted by molar-refractivity contribution is 5.81. The molecule has 124 valence electrons. The van der Waals surface area contributed by atoms with Crippen LogP contribution >= 0.6 is 0 Å². The third kappa shape index (κ3) is 6.82. The van der Waals surface area contributed by atoms with Gasteiger partial charge >= 0.3 is 0 Å². The topological polar surface area (TPSA) is 41.1 Å². The number of nitrogens with one attached hydrogen (secondary N) is 2. The Labute approximate surface area is 131 Å². The second-order valence-electron chi connectivity index (χ2n) is 8.50. The minimum atomic E-state index is -0.0960. The van der Waals surface area contributed by atoms with E-state index < -0.39 is 0 Å². The highest BCUT2D eigenvalue weighted by atomic mass is 16.2. The molecule has 0 aromatic rings. The fraction of sp³-hybridized carbons (Fsp3) is 0.944. The molecular weight excluding hydrogens is 260 g/mol. The third-order valence-electron chi connectivity index (χ3n) is 4.51. The molecule has 0 saturated heterocycles. The third-order valence-corrected chi connectivity index (χ3v) is 4.51. The monoisotopic (exact) mass is 296 g/mol. The van der Waals surface area contributed by atoms with E-state index in [1.54, 1.807) is 0 Å². The maximum atomic E-state index is 12.1. The van der Waals surface area contributed by atoms with Gasteiger partial charge in [-0.3, -0.25) is 4.79 Å². The molecule has 0 aliphatic heterocycles. The summed E-state index contributed by atoms with van der Waals surface area (Å²) < 4.78 is 0. The minimum Gasteiger partial charge on any atom is -0.355 e. The van der Waals surface area contributed by atoms with Gasteiger partial charge in [0.1, 0.15) is 0 Å². The van der Waals surface area contributed by atoms with Crippen LogP contribution in [0.15, 0.2) is 0 Å². The Hall–Kier alpha value is -0.570. The Kier molecular flexibility index (Phi) is 6.71. The van der Waals surface area contributed by atoms with Crippen LogP contribution in [-0.2, 0) is 4.79 Å². The van der Waals surface area contributed by atoms with Gasteiger partial charge in [-0.2, -0.15) is 0 Å². The van der Waals surface area contributed by atoms with Crippen molar-refractivity contribution in [2.75, 3.05) is 6.54 Å². The molecule has 21 heavy (non-hydrogen) atoms. The van der Waals surface area contributed by atoms with Crippen LogP contribution in [0.3, 0.4) is 0 Å². The van der Waals surface area contributed by atoms with Crippen LogP contribution in [0.25, 0.3) is 0 Å². The first-order valence-electron chi connectivity index (χ1n) is 8.69. The van der Waals surface area contributed by atoms with Crippen molar-refractivity contribution in [3.8, 4) is 0 Å². The van der Waals surface area contributed by atoms with Crippen LogP contribution in [0.4, 0.5) is 0 Å². The quantitative estimate of drug-likeness (QED) is 0.700. The van der Waals surface area contributed by atoms with E-state index in [4.69, 9.17) is 0 Å². The molecule has 1 unspecified atom stereocenters. The molecule has 0 aromatic carbocycles. The molecule has 0 bridgehead atoms. The summed E-state index contributed by atoms with van der Waals surface area (Å²) in [7, 11) is 0. The zero-order valence-corrected chi connectivity index (χ0v) is 15.0. The van der Waals surface area contributed by atoms with E-state index in [2.05, 4.69) is 45.3 Å². The van der Waals surface area contributed by atoms with E-state index in [0.717, 1.165) is 25.8 Å². The van der Waals surface area contributed by atoms with E-state index in [0.29, 0.717) is 16.9 Å². The predicted octanol–water partition coefficient (Wildman–Crippen LogP) is 3.88. The molecule has 1 rings (SSSR count). The zero-order valence-electron chi connectivity index (χ0n) is 15.0. The van der Waals surface area contributed by atoms with Crippen molar-refractivity contribution in [3.63, 3.8) is 0 Å². The number of hydrogen-bond acceptors (Lipinski definition) is 2. The molecule has 1 aliphatic carbocycles. The summed E-state index contributed by atoms with van der Waals surface area (Å²) in [6.07, 6.45) is 7.03. The van der Waals surface area contributed by atoms with Gasteiger partial charge in [-0.05, 0) is 43.4 Å². The van der Waals surface area contributed by atoms with Gasteiger partial charge in [-0.25, -0.2) is 0 Å². The summed E-state index contributed by atoms with van der Waals surface area (Å²) in [5.41, 5.74) is 0.716. The van der Waals surface area contributed by atoms with E-state index in [-0.39, 0.29) is 11.9 Å². The largest absolute Gasteiger partial charge is 0.355 e. The Morgan fingerprint density at radius 3 is 2.24 bits per heavy atom. The maximum Gasteiger partial charge on any atom is 0.236 e. The maximum absolute atomic E-state index is 12.1. The molecule has 1 fully saturated rings. The first kappa shape index (κ1) is 18.5. The lowest BCUT2D eigenvalue weighted by molar-refractivity contribution is -0.123. The first-order chi connectivity index (χ1) is 9.65. The number of amides is 1. The molecule has 3 nitrogen and oxygen atoms in total. The molecule has 1 atom stereocenters. The van der Waals surface area contributed by atoms with Crippen molar-refractivity contribution in [1.29, 1.82) is 0 Å². The summed E-state index contributed by atoms with van der Waals surface area (Å²) in [4.78, 5) is 12.1. The molecule has 0 radical (unpaired) electrons. The van der Waals surface area contributed by atoms with Gasteiger partial charge in [-0.15, -0.1) is 0 Å². The normalized spacial score (nSPS) is 22.8. The summed E-state index contributed by atoms with van der Waals surface area (Å²) in [6, 6.07) is 0.349. The van der Waals surface area contributed by atoms with Gasteiger partial charge in [0.15, 0.2) is 0 Å². The Balaban J connectivity index is 2.42. The van der Waals surface area contributed by atoms with Crippen molar-refractivity contribution < 1.29 is 4.79 Å². The zero-order chi connectivity index (χ0) is 16.1. The van der Waals surface area contributed by atoms with Crippen molar-refractivity contribution >= 4 is 5.91 Å². The minimum absolute atomic E-state index is 0.0960. The fourth-order valence-electron chi connectivity index (χ4n) is 4.13. The number of rotatable bonds is 7. The van der Waals surface area contributed by atoms with Gasteiger partial charge < -0.3 is 10.6 Å². The summed E-state index contributed by atoms with van der Waals surface area (Å²) in [6.45, 7) is 14.4. The summed E-state index contributed by atoms with van der Waals surface area (Å²) in [5, 5.41) is 6.61. The van der Waals surface area contributed by atoms with Gasteiger partial charge in [-0.1, -0.05) is 47.5 Å². The average Bonchev–Trinajstić information content (AvgIpc) is 2.30. The molecule has 3 heteroatoms. The Bertz CT molecular complexity index is 320. The Morgan fingerprint density at radius 2 is 1.71 bits per heavy atom. The van der Waals surface area contributed by atoms with Crippen LogP contribution in [0.1, 0.15) is 80.1 Å². The molecule has 0 spiro atoms. The lowest BCUT2D eigenvalue weighted by atomic mass is 9.63. The van der Waals surface area contributed by atoms with Crippen LogP contribution in [-0.4, -0.2) is 24.5 Å². The Morgan fingerprint density at radius 1 is 1.14 bits per heavy atom. The van der Waals surface area contributed by atoms with Gasteiger partial charge in [0.05, 0.1) is 6.04 Å². The van der Waals surface area contributed by atoms with E-state index in [9.17, 15) is 4.79 Å². The van der Waals surface area contributed by atoms with Crippen LogP contribution < -0.4 is 10.6 Å². The van der Waals surface area contributed by atoms with Gasteiger partial charge in [0.2, 0.25) is 5.91 Å². The SMILES string of the molecule is CCCCCNC(=O)C(C)NC1CC(C)(C)CC(C)(C)C1. The van der Waals surface area contributed by atoms with E-state index >= 15 is 0 Å². The number of carbonyl (C=O) groups is 1. The molecule has 0 aromatic heterocycles. The summed E-state index contributed by atoms with van der Waals surface area (Å²) in [5.74, 6) is 0.146. The lowest BCUT2D eigenvalue weighted by Crippen LogP contribution is -2.51. The highest BCUT2D eigenvalue weighted by Crippen LogP contribution is 2.45. The van der Waals surface area contributed by atoms with Crippen molar-refractivity contribution in [1.82, 2.24) is 10.6 Å². The molecule has 0 heterocycles. The average molecular weight is 296 g/mol. The standard InChI is InChI=1S/C18H36N2O/c1-7-8-9-10-19-16(21)14(2)20-15-11-17(3,4)13-18(5,6)12-15/h14-15,20H,7-13H2,1-6H3,(H,19,21). The predicted molar refractivity (Wildman–Crippen MR) is 90.3 cm³/mol. The van der Waals surface area contributed by atoms with E-state index in [1.165, 1.54) is 19.3 Å². The van der Waals surface area contributed by atoms with Crippen LogP contribution in [0, 0.1) is 10.8 Å². The van der Waals surface area contributed by atoms with E-state index in [1.807, 2.05) is 6.92 Å². The second kappa shape index (κ2) is 7.62.